The van der Waals surface area contributed by atoms with E-state index in [1.165, 1.54) is 33.3 Å². The Balaban J connectivity index is 1.55. The van der Waals surface area contributed by atoms with Crippen LogP contribution in [0, 0.1) is 24.0 Å². The molecule has 0 saturated carbocycles. The fourth-order valence-electron chi connectivity index (χ4n) is 4.28. The van der Waals surface area contributed by atoms with E-state index in [2.05, 4.69) is 30.9 Å². The Morgan fingerprint density at radius 3 is 2.16 bits per heavy atom. The zero-order chi connectivity index (χ0) is 22.9. The van der Waals surface area contributed by atoms with E-state index in [9.17, 15) is 18.5 Å². The van der Waals surface area contributed by atoms with Gasteiger partial charge in [-0.05, 0) is 43.2 Å². The van der Waals surface area contributed by atoms with Gasteiger partial charge in [0.05, 0.1) is 23.0 Å². The molecule has 9 nitrogen and oxygen atoms in total. The predicted octanol–water partition coefficient (Wildman–Crippen LogP) is 2.56. The fourth-order valence-corrected chi connectivity index (χ4v) is 5.71. The van der Waals surface area contributed by atoms with Gasteiger partial charge < -0.3 is 14.5 Å². The molecule has 2 fully saturated rings. The average Bonchev–Trinajstić information content (AvgIpc) is 2.81. The molecule has 2 saturated heterocycles. The van der Waals surface area contributed by atoms with Crippen molar-refractivity contribution in [1.82, 2.24) is 4.31 Å². The number of ether oxygens (including phenoxy) is 1. The standard InChI is InChI=1S/C22H28N4O5S/c1-17-4-3-5-20(18(17)2)23-8-10-24(11-9-23)21-7-6-19(16-22(21)26(27)28)32(29,30)25-12-14-31-15-13-25/h3-7,16H,8-15H2,1-2H3. The molecule has 2 aliphatic rings. The van der Waals surface area contributed by atoms with E-state index < -0.39 is 14.9 Å². The van der Waals surface area contributed by atoms with Gasteiger partial charge in [0.1, 0.15) is 5.69 Å². The number of nitrogens with zero attached hydrogens (tertiary/aromatic N) is 4. The van der Waals surface area contributed by atoms with Gasteiger partial charge in [-0.1, -0.05) is 12.1 Å². The summed E-state index contributed by atoms with van der Waals surface area (Å²) in [5.74, 6) is 0. The topological polar surface area (TPSA) is 96.2 Å². The summed E-state index contributed by atoms with van der Waals surface area (Å²) < 4.78 is 32.4. The Kier molecular flexibility index (Phi) is 6.36. The molecule has 0 N–H and O–H groups in total. The lowest BCUT2D eigenvalue weighted by Gasteiger charge is -2.38. The zero-order valence-corrected chi connectivity index (χ0v) is 19.2. The van der Waals surface area contributed by atoms with E-state index >= 15 is 0 Å². The molecule has 0 aliphatic carbocycles. The summed E-state index contributed by atoms with van der Waals surface area (Å²) in [5.41, 5.74) is 3.93. The van der Waals surface area contributed by atoms with Crippen LogP contribution < -0.4 is 9.80 Å². The smallest absolute Gasteiger partial charge is 0.293 e. The Hall–Kier alpha value is -2.69. The van der Waals surface area contributed by atoms with E-state index in [-0.39, 0.29) is 23.7 Å². The first kappa shape index (κ1) is 22.5. The van der Waals surface area contributed by atoms with Gasteiger partial charge in [0.15, 0.2) is 0 Å². The number of aryl methyl sites for hydroxylation is 1. The van der Waals surface area contributed by atoms with Gasteiger partial charge in [-0.25, -0.2) is 8.42 Å². The molecule has 2 aromatic carbocycles. The summed E-state index contributed by atoms with van der Waals surface area (Å²) >= 11 is 0. The summed E-state index contributed by atoms with van der Waals surface area (Å²) in [6.45, 7) is 8.03. The van der Waals surface area contributed by atoms with Gasteiger partial charge in [0.25, 0.3) is 5.69 Å². The minimum absolute atomic E-state index is 0.0520. The van der Waals surface area contributed by atoms with E-state index in [0.29, 0.717) is 32.0 Å². The van der Waals surface area contributed by atoms with Crippen molar-refractivity contribution < 1.29 is 18.1 Å². The monoisotopic (exact) mass is 460 g/mol. The maximum Gasteiger partial charge on any atom is 0.293 e. The lowest BCUT2D eigenvalue weighted by atomic mass is 10.1. The molecule has 10 heteroatoms. The molecule has 2 aromatic rings. The Labute approximate surface area is 188 Å². The van der Waals surface area contributed by atoms with Crippen molar-refractivity contribution in [3.63, 3.8) is 0 Å². The van der Waals surface area contributed by atoms with Gasteiger partial charge in [0, 0.05) is 51.0 Å². The third kappa shape index (κ3) is 4.30. The van der Waals surface area contributed by atoms with Crippen molar-refractivity contribution >= 4 is 27.1 Å². The van der Waals surface area contributed by atoms with Gasteiger partial charge in [-0.15, -0.1) is 0 Å². The van der Waals surface area contributed by atoms with Gasteiger partial charge >= 0.3 is 0 Å². The third-order valence-electron chi connectivity index (χ3n) is 6.29. The van der Waals surface area contributed by atoms with Crippen molar-refractivity contribution in [2.24, 2.45) is 0 Å². The number of nitro groups is 1. The highest BCUT2D eigenvalue weighted by Gasteiger charge is 2.31. The third-order valence-corrected chi connectivity index (χ3v) is 8.18. The van der Waals surface area contributed by atoms with Crippen LogP contribution in [0.15, 0.2) is 41.3 Å². The number of sulfonamides is 1. The molecular weight excluding hydrogens is 432 g/mol. The number of piperazine rings is 1. The second-order valence-electron chi connectivity index (χ2n) is 8.12. The minimum atomic E-state index is -3.80. The van der Waals surface area contributed by atoms with Gasteiger partial charge in [-0.2, -0.15) is 4.31 Å². The van der Waals surface area contributed by atoms with E-state index in [4.69, 9.17) is 4.74 Å². The van der Waals surface area contributed by atoms with Crippen LogP contribution in [0.4, 0.5) is 17.1 Å². The number of morpholine rings is 1. The van der Waals surface area contributed by atoms with Crippen LogP contribution in [0.5, 0.6) is 0 Å². The molecule has 0 radical (unpaired) electrons. The molecule has 0 spiro atoms. The summed E-state index contributed by atoms with van der Waals surface area (Å²) in [7, 11) is -3.80. The molecule has 0 bridgehead atoms. The molecule has 32 heavy (non-hydrogen) atoms. The maximum absolute atomic E-state index is 12.9. The van der Waals surface area contributed by atoms with Crippen LogP contribution in [-0.2, 0) is 14.8 Å². The lowest BCUT2D eigenvalue weighted by Crippen LogP contribution is -2.47. The largest absolute Gasteiger partial charge is 0.379 e. The number of rotatable bonds is 5. The van der Waals surface area contributed by atoms with Gasteiger partial charge in [-0.3, -0.25) is 10.1 Å². The van der Waals surface area contributed by atoms with Crippen LogP contribution in [0.3, 0.4) is 0 Å². The Bertz CT molecular complexity index is 1110. The van der Waals surface area contributed by atoms with Crippen LogP contribution in [-0.4, -0.2) is 70.1 Å². The van der Waals surface area contributed by atoms with E-state index in [1.54, 1.807) is 6.07 Å². The van der Waals surface area contributed by atoms with E-state index in [1.807, 2.05) is 11.0 Å². The predicted molar refractivity (Wildman–Crippen MR) is 123 cm³/mol. The van der Waals surface area contributed by atoms with Crippen LogP contribution in [0.2, 0.25) is 0 Å². The molecule has 0 unspecified atom stereocenters. The number of hydrogen-bond acceptors (Lipinski definition) is 7. The minimum Gasteiger partial charge on any atom is -0.379 e. The van der Waals surface area contributed by atoms with Crippen molar-refractivity contribution in [3.8, 4) is 0 Å². The molecule has 4 rings (SSSR count). The van der Waals surface area contributed by atoms with Crippen LogP contribution >= 0.6 is 0 Å². The number of nitro benzene ring substituents is 1. The fraction of sp³-hybridized carbons (Fsp3) is 0.455. The molecule has 0 atom stereocenters. The Morgan fingerprint density at radius 2 is 1.53 bits per heavy atom. The number of benzene rings is 2. The SMILES string of the molecule is Cc1cccc(N2CCN(c3ccc(S(=O)(=O)N4CCOCC4)cc3[N+](=O)[O-])CC2)c1C. The number of hydrogen-bond donors (Lipinski definition) is 0. The highest BCUT2D eigenvalue weighted by Crippen LogP contribution is 2.33. The molecule has 0 amide bonds. The van der Waals surface area contributed by atoms with Crippen LogP contribution in [0.1, 0.15) is 11.1 Å². The summed E-state index contributed by atoms with van der Waals surface area (Å²) in [4.78, 5) is 15.5. The maximum atomic E-state index is 12.9. The lowest BCUT2D eigenvalue weighted by molar-refractivity contribution is -0.384. The first-order chi connectivity index (χ1) is 15.3. The molecule has 2 heterocycles. The van der Waals surface area contributed by atoms with Crippen molar-refractivity contribution in [3.05, 3.63) is 57.6 Å². The normalized spacial score (nSPS) is 18.1. The highest BCUT2D eigenvalue weighted by molar-refractivity contribution is 7.89. The highest BCUT2D eigenvalue weighted by atomic mass is 32.2. The summed E-state index contributed by atoms with van der Waals surface area (Å²) in [6.07, 6.45) is 0. The van der Waals surface area contributed by atoms with Crippen molar-refractivity contribution in [2.45, 2.75) is 18.7 Å². The van der Waals surface area contributed by atoms with Crippen LogP contribution in [0.25, 0.3) is 0 Å². The Morgan fingerprint density at radius 1 is 0.906 bits per heavy atom. The molecule has 172 valence electrons. The van der Waals surface area contributed by atoms with Crippen molar-refractivity contribution in [2.75, 3.05) is 62.3 Å². The number of anilines is 2. The quantitative estimate of drug-likeness (QED) is 0.500. The second kappa shape index (κ2) is 9.05. The molecule has 0 aromatic heterocycles. The first-order valence-electron chi connectivity index (χ1n) is 10.7. The zero-order valence-electron chi connectivity index (χ0n) is 18.4. The average molecular weight is 461 g/mol. The van der Waals surface area contributed by atoms with Crippen molar-refractivity contribution in [1.29, 1.82) is 0 Å². The van der Waals surface area contributed by atoms with E-state index in [0.717, 1.165) is 13.1 Å². The summed E-state index contributed by atoms with van der Waals surface area (Å²) in [6, 6.07) is 10.5. The second-order valence-corrected chi connectivity index (χ2v) is 10.1. The molecular formula is C22H28N4O5S. The van der Waals surface area contributed by atoms with Gasteiger partial charge in [0.2, 0.25) is 10.0 Å². The molecule has 2 aliphatic heterocycles. The summed E-state index contributed by atoms with van der Waals surface area (Å²) in [5, 5.41) is 11.8. The first-order valence-corrected chi connectivity index (χ1v) is 12.2.